The van der Waals surface area contributed by atoms with Crippen LogP contribution in [-0.2, 0) is 49.4 Å². The average molecular weight is 986 g/mol. The molecule has 1 rings (SSSR count). The molecule has 0 aromatic carbocycles. The molecular weight excluding hydrogens is 913 g/mol. The smallest absolute Gasteiger partial charge is 0.391 e. The summed E-state index contributed by atoms with van der Waals surface area (Å²) in [6, 6.07) is 0. The van der Waals surface area contributed by atoms with Gasteiger partial charge in [-0.05, 0) is 105 Å². The monoisotopic (exact) mass is 984 g/mol. The molecule has 0 radical (unpaired) electrons. The van der Waals surface area contributed by atoms with E-state index in [4.69, 9.17) is 49.4 Å². The lowest BCUT2D eigenvalue weighted by molar-refractivity contribution is -0.0260. The van der Waals surface area contributed by atoms with E-state index in [1.54, 1.807) is 45.6 Å². The molecule has 1 saturated heterocycles. The molecular formula is C32H72O12Si12. The van der Waals surface area contributed by atoms with Crippen LogP contribution >= 0.6 is 0 Å². The summed E-state index contributed by atoms with van der Waals surface area (Å²) in [5.74, 6) is 0. The molecule has 1 aliphatic rings. The van der Waals surface area contributed by atoms with Gasteiger partial charge in [-0.3, -0.25) is 0 Å². The molecule has 24 heteroatoms. The summed E-state index contributed by atoms with van der Waals surface area (Å²) >= 11 is 0. The maximum Gasteiger partial charge on any atom is 0.647 e. The lowest BCUT2D eigenvalue weighted by atomic mass is 11.3. The summed E-state index contributed by atoms with van der Waals surface area (Å²) < 4.78 is 87.0. The lowest BCUT2D eigenvalue weighted by Gasteiger charge is -2.53. The van der Waals surface area contributed by atoms with E-state index in [0.717, 1.165) is 0 Å². The van der Waals surface area contributed by atoms with Crippen molar-refractivity contribution in [1.29, 1.82) is 0 Å². The molecule has 0 aromatic rings. The van der Waals surface area contributed by atoms with E-state index in [-0.39, 0.29) is 0 Å². The lowest BCUT2D eigenvalue weighted by Crippen LogP contribution is -2.81. The zero-order valence-corrected chi connectivity index (χ0v) is 49.2. The average Bonchev–Trinajstić information content (AvgIpc) is 3.01. The highest BCUT2D eigenvalue weighted by molar-refractivity contribution is 7.00. The van der Waals surface area contributed by atoms with Gasteiger partial charge in [0.25, 0.3) is 0 Å². The Morgan fingerprint density at radius 1 is 0.250 bits per heavy atom. The van der Waals surface area contributed by atoms with E-state index in [9.17, 15) is 0 Å². The van der Waals surface area contributed by atoms with Crippen molar-refractivity contribution in [3.8, 4) is 0 Å². The maximum absolute atomic E-state index is 7.44. The van der Waals surface area contributed by atoms with Gasteiger partial charge in [0.1, 0.15) is 0 Å². The number of hydrogen-bond donors (Lipinski definition) is 0. The normalized spacial score (nSPS) is 19.4. The molecule has 0 N–H and O–H groups in total. The minimum Gasteiger partial charge on any atom is -0.391 e. The van der Waals surface area contributed by atoms with Crippen LogP contribution in [0.15, 0.2) is 98.2 Å². The van der Waals surface area contributed by atoms with Crippen molar-refractivity contribution in [2.75, 3.05) is 0 Å². The van der Waals surface area contributed by atoms with E-state index in [0.29, 0.717) is 0 Å². The Balaban J connectivity index is 5.05. The predicted molar refractivity (Wildman–Crippen MR) is 257 cm³/mol. The number of hydrogen-bond acceptors (Lipinski definition) is 12. The molecule has 0 amide bonds. The highest BCUT2D eigenvalue weighted by atomic mass is 28.6. The fraction of sp³-hybridized carbons (Fsp3) is 0.500. The van der Waals surface area contributed by atoms with Gasteiger partial charge < -0.3 is 49.4 Å². The second-order valence-electron chi connectivity index (χ2n) is 17.7. The van der Waals surface area contributed by atoms with Gasteiger partial charge in [-0.25, -0.2) is 0 Å². The highest BCUT2D eigenvalue weighted by Gasteiger charge is 2.78. The van der Waals surface area contributed by atoms with Gasteiger partial charge in [-0.15, -0.1) is 52.6 Å². The van der Waals surface area contributed by atoms with Crippen LogP contribution in [0.5, 0.6) is 0 Å². The second kappa shape index (κ2) is 19.0. The van der Waals surface area contributed by atoms with Gasteiger partial charge in [0, 0.05) is 0 Å². The van der Waals surface area contributed by atoms with Gasteiger partial charge >= 0.3 is 36.2 Å². The van der Waals surface area contributed by atoms with Crippen LogP contribution in [0.1, 0.15) is 0 Å². The van der Waals surface area contributed by atoms with Gasteiger partial charge in [0.15, 0.2) is 0 Å². The first-order valence-electron chi connectivity index (χ1n) is 18.5. The van der Waals surface area contributed by atoms with Crippen molar-refractivity contribution < 1.29 is 49.4 Å². The molecule has 0 bridgehead atoms. The molecule has 0 spiro atoms. The molecule has 56 heavy (non-hydrogen) atoms. The van der Waals surface area contributed by atoms with Gasteiger partial charge in [-0.2, -0.15) is 0 Å². The maximum atomic E-state index is 7.44. The zero-order valence-electron chi connectivity index (χ0n) is 37.2. The minimum atomic E-state index is -4.80. The van der Waals surface area contributed by atoms with Crippen molar-refractivity contribution in [3.63, 3.8) is 0 Å². The van der Waals surface area contributed by atoms with E-state index in [2.05, 4.69) is 52.6 Å². The van der Waals surface area contributed by atoms with Crippen LogP contribution in [0, 0.1) is 0 Å². The Kier molecular flexibility index (Phi) is 18.3. The molecule has 0 atom stereocenters. The van der Waals surface area contributed by atoms with Crippen molar-refractivity contribution in [2.24, 2.45) is 0 Å². The summed E-state index contributed by atoms with van der Waals surface area (Å²) in [6.07, 6.45) is 0. The van der Waals surface area contributed by atoms with Gasteiger partial charge in [0.05, 0.1) is 0 Å². The fourth-order valence-corrected chi connectivity index (χ4v) is 45.2. The third-order valence-corrected chi connectivity index (χ3v) is 48.7. The Hall–Kier alpha value is 0.0426. The largest absolute Gasteiger partial charge is 0.647 e. The molecule has 1 aliphatic heterocycles. The Bertz CT molecular complexity index is 1160. The summed E-state index contributed by atoms with van der Waals surface area (Å²) in [5.41, 5.74) is 14.1. The fourth-order valence-electron chi connectivity index (χ4n) is 4.02. The predicted octanol–water partition coefficient (Wildman–Crippen LogP) is 9.38. The van der Waals surface area contributed by atoms with Crippen LogP contribution < -0.4 is 0 Å². The molecule has 0 aliphatic carbocycles. The first kappa shape index (κ1) is 54.1. The second-order valence-corrected chi connectivity index (χ2v) is 60.4. The number of rotatable bonds is 24. The van der Waals surface area contributed by atoms with Crippen molar-refractivity contribution in [2.45, 2.75) is 105 Å². The van der Waals surface area contributed by atoms with Crippen LogP contribution in [-0.4, -0.2) is 103 Å². The minimum absolute atomic E-state index is 1.76. The molecule has 1 heterocycles. The quantitative estimate of drug-likeness (QED) is 0.0860. The van der Waals surface area contributed by atoms with Crippen molar-refractivity contribution in [1.82, 2.24) is 0 Å². The van der Waals surface area contributed by atoms with E-state index < -0.39 is 103 Å². The topological polar surface area (TPSA) is 111 Å². The first-order chi connectivity index (χ1) is 25.0. The molecule has 12 nitrogen and oxygen atoms in total. The van der Waals surface area contributed by atoms with Gasteiger partial charge in [-0.1, -0.05) is 45.6 Å². The molecule has 0 saturated carbocycles. The van der Waals surface area contributed by atoms with Gasteiger partial charge in [0.2, 0.25) is 66.5 Å². The first-order valence-corrected chi connectivity index (χ1v) is 48.9. The zero-order chi connectivity index (χ0) is 44.1. The standard InChI is InChI=1S/C32H72O12Si12/c1-25-45(9,10)33-53(34-46(11,12)26-2)41-54(35-47(13,14)27-3,36-48(15,16)28-4)43-56(39-51(21,22)31-7,40-52(23,24)32-8)44-55(42-53,37-49(17,18)29-5)38-50(19,20)30-6/h25-32H,1-8H2,9-24H3. The van der Waals surface area contributed by atoms with Crippen molar-refractivity contribution in [3.05, 3.63) is 98.2 Å². The molecule has 1 fully saturated rings. The van der Waals surface area contributed by atoms with Crippen molar-refractivity contribution >= 4 is 103 Å². The molecule has 0 aromatic heterocycles. The third-order valence-electron chi connectivity index (χ3n) is 8.04. The summed E-state index contributed by atoms with van der Waals surface area (Å²) in [4.78, 5) is 0. The molecule has 320 valence electrons. The van der Waals surface area contributed by atoms with Crippen LogP contribution in [0.25, 0.3) is 0 Å². The van der Waals surface area contributed by atoms with E-state index in [1.807, 2.05) is 105 Å². The summed E-state index contributed by atoms with van der Waals surface area (Å²) in [5, 5.41) is 0. The Morgan fingerprint density at radius 3 is 0.411 bits per heavy atom. The highest BCUT2D eigenvalue weighted by Crippen LogP contribution is 2.43. The summed E-state index contributed by atoms with van der Waals surface area (Å²) in [7, 11) is -42.8. The van der Waals surface area contributed by atoms with Crippen LogP contribution in [0.3, 0.4) is 0 Å². The van der Waals surface area contributed by atoms with Crippen LogP contribution in [0.2, 0.25) is 105 Å². The SMILES string of the molecule is C=C[Si](C)(C)O[Si]1(O[Si](C)(C)C=C)O[Si](O[Si](C)(C)C=C)(O[Si](C)(C)C=C)O[Si](O[Si](C)(C)C=C)(O[Si](C)(C)C=C)O[Si](O[Si](C)(C)C=C)(O[Si](C)(C)C=C)O1. The Labute approximate surface area is 352 Å². The van der Waals surface area contributed by atoms with E-state index in [1.165, 1.54) is 0 Å². The van der Waals surface area contributed by atoms with Crippen LogP contribution in [0.4, 0.5) is 0 Å². The molecule has 0 unspecified atom stereocenters. The Morgan fingerprint density at radius 2 is 0.339 bits per heavy atom. The summed E-state index contributed by atoms with van der Waals surface area (Å²) in [6.45, 7) is 64.1. The third kappa shape index (κ3) is 16.5. The van der Waals surface area contributed by atoms with E-state index >= 15 is 0 Å².